The molecule has 0 saturated carbocycles. The fourth-order valence-electron chi connectivity index (χ4n) is 4.11. The van der Waals surface area contributed by atoms with E-state index < -0.39 is 17.6 Å². The molecule has 0 unspecified atom stereocenters. The lowest BCUT2D eigenvalue weighted by Crippen LogP contribution is -2.40. The van der Waals surface area contributed by atoms with E-state index in [0.29, 0.717) is 53.2 Å². The van der Waals surface area contributed by atoms with Gasteiger partial charge in [0.05, 0.1) is 47.2 Å². The monoisotopic (exact) mass is 684 g/mol. The summed E-state index contributed by atoms with van der Waals surface area (Å²) in [5, 5.41) is 10.6. The van der Waals surface area contributed by atoms with Gasteiger partial charge in [-0.2, -0.15) is 0 Å². The molecule has 0 aliphatic carbocycles. The summed E-state index contributed by atoms with van der Waals surface area (Å²) >= 11 is 14.2. The molecule has 8 nitrogen and oxygen atoms in total. The Labute approximate surface area is 244 Å². The van der Waals surface area contributed by atoms with Gasteiger partial charge < -0.3 is 19.3 Å². The number of methoxy groups -OCH3 is 1. The van der Waals surface area contributed by atoms with Crippen molar-refractivity contribution in [2.45, 2.75) is 26.8 Å². The second-order valence-electron chi connectivity index (χ2n) is 8.09. The van der Waals surface area contributed by atoms with Crippen molar-refractivity contribution < 1.29 is 24.1 Å². The van der Waals surface area contributed by atoms with E-state index in [4.69, 9.17) is 25.8 Å². The minimum absolute atomic E-state index is 0.141. The normalized spacial score (nSPS) is 15.2. The summed E-state index contributed by atoms with van der Waals surface area (Å²) in [4.78, 5) is 32.0. The van der Waals surface area contributed by atoms with Gasteiger partial charge >= 0.3 is 5.97 Å². The fourth-order valence-corrected chi connectivity index (χ4v) is 6.52. The largest absolute Gasteiger partial charge is 0.506 e. The first kappa shape index (κ1) is 28.4. The Balaban J connectivity index is 2.02. The molecule has 38 heavy (non-hydrogen) atoms. The number of aromatic nitrogens is 1. The summed E-state index contributed by atoms with van der Waals surface area (Å²) in [6.45, 7) is 5.86. The molecule has 0 saturated heterocycles. The van der Waals surface area contributed by atoms with E-state index in [1.165, 1.54) is 11.7 Å². The van der Waals surface area contributed by atoms with Crippen molar-refractivity contribution in [3.8, 4) is 17.2 Å². The molecule has 0 fully saturated rings. The first-order valence-corrected chi connectivity index (χ1v) is 14.3. The minimum atomic E-state index is -0.869. The average molecular weight is 687 g/mol. The zero-order valence-electron chi connectivity index (χ0n) is 20.8. The quantitative estimate of drug-likeness (QED) is 0.348. The Kier molecular flexibility index (Phi) is 8.71. The number of rotatable bonds is 7. The van der Waals surface area contributed by atoms with E-state index in [2.05, 4.69) is 36.9 Å². The van der Waals surface area contributed by atoms with Crippen LogP contribution in [0, 0.1) is 0 Å². The number of halogens is 3. The van der Waals surface area contributed by atoms with Crippen LogP contribution in [0.15, 0.2) is 54.3 Å². The van der Waals surface area contributed by atoms with E-state index in [1.807, 2.05) is 6.92 Å². The van der Waals surface area contributed by atoms with Crippen molar-refractivity contribution >= 4 is 66.8 Å². The SMILES string of the molecule is CCOC(=O)C1=C(C)N=c2s/c(=C/c3cc(Br)cc(Cl)c3O)c(=O)n2[C@@H]1c1cc(OC)c(OCC)cc1Br. The van der Waals surface area contributed by atoms with Crippen molar-refractivity contribution in [2.24, 2.45) is 4.99 Å². The van der Waals surface area contributed by atoms with Crippen LogP contribution in [0.4, 0.5) is 0 Å². The van der Waals surface area contributed by atoms with Crippen molar-refractivity contribution in [1.82, 2.24) is 4.57 Å². The number of allylic oxidation sites excluding steroid dienone is 1. The Morgan fingerprint density at radius 1 is 1.21 bits per heavy atom. The van der Waals surface area contributed by atoms with Crippen LogP contribution in [0.5, 0.6) is 17.2 Å². The number of carbonyl (C=O) groups excluding carboxylic acids is 1. The molecule has 3 aromatic rings. The number of nitrogens with zero attached hydrogens (tertiary/aromatic N) is 2. The molecule has 0 radical (unpaired) electrons. The van der Waals surface area contributed by atoms with Crippen LogP contribution < -0.4 is 24.4 Å². The highest BCUT2D eigenvalue weighted by Crippen LogP contribution is 2.41. The zero-order chi connectivity index (χ0) is 27.7. The van der Waals surface area contributed by atoms with E-state index in [1.54, 1.807) is 44.2 Å². The molecule has 1 aromatic heterocycles. The number of esters is 1. The van der Waals surface area contributed by atoms with Crippen molar-refractivity contribution in [3.63, 3.8) is 0 Å². The van der Waals surface area contributed by atoms with Crippen LogP contribution in [0.25, 0.3) is 6.08 Å². The lowest BCUT2D eigenvalue weighted by Gasteiger charge is -2.26. The number of phenols is 1. The smallest absolute Gasteiger partial charge is 0.338 e. The second kappa shape index (κ2) is 11.6. The van der Waals surface area contributed by atoms with Gasteiger partial charge in [-0.05, 0) is 56.7 Å². The van der Waals surface area contributed by atoms with Crippen LogP contribution in [-0.4, -0.2) is 36.0 Å². The van der Waals surface area contributed by atoms with E-state index in [9.17, 15) is 14.7 Å². The number of aromatic hydroxyl groups is 1. The predicted molar refractivity (Wildman–Crippen MR) is 153 cm³/mol. The molecule has 200 valence electrons. The number of thiazole rings is 1. The van der Waals surface area contributed by atoms with Gasteiger partial charge in [0.15, 0.2) is 16.3 Å². The van der Waals surface area contributed by atoms with Crippen LogP contribution in [0.2, 0.25) is 5.02 Å². The van der Waals surface area contributed by atoms with E-state index in [-0.39, 0.29) is 23.0 Å². The van der Waals surface area contributed by atoms with Gasteiger partial charge in [0, 0.05) is 14.5 Å². The standard InChI is InChI=1S/C26H23Br2ClN2O6S/c1-5-36-19-11-16(28)15(10-18(19)35-4)22-21(25(34)37-6-2)12(3)30-26-31(22)24(33)20(38-26)8-13-7-14(27)9-17(29)23(13)32/h7-11,22,32H,5-6H2,1-4H3/b20-8+/t22-/m1/s1. The maximum absolute atomic E-state index is 13.9. The molecule has 4 rings (SSSR count). The lowest BCUT2D eigenvalue weighted by molar-refractivity contribution is -0.139. The van der Waals surface area contributed by atoms with Gasteiger partial charge in [-0.1, -0.05) is 54.8 Å². The molecule has 0 bridgehead atoms. The highest BCUT2D eigenvalue weighted by molar-refractivity contribution is 9.10. The molecule has 2 heterocycles. The summed E-state index contributed by atoms with van der Waals surface area (Å²) in [7, 11) is 1.52. The second-order valence-corrected chi connectivity index (χ2v) is 11.3. The highest BCUT2D eigenvalue weighted by atomic mass is 79.9. The van der Waals surface area contributed by atoms with Crippen molar-refractivity contribution in [3.05, 3.63) is 80.3 Å². The Bertz CT molecular complexity index is 1650. The maximum atomic E-state index is 13.9. The fraction of sp³-hybridized carbons (Fsp3) is 0.269. The number of hydrogen-bond acceptors (Lipinski definition) is 8. The van der Waals surface area contributed by atoms with E-state index >= 15 is 0 Å². The molecule has 0 amide bonds. The van der Waals surface area contributed by atoms with Crippen LogP contribution in [-0.2, 0) is 9.53 Å². The number of benzene rings is 2. The third-order valence-corrected chi connectivity index (χ3v) is 8.15. The molecule has 1 aliphatic rings. The van der Waals surface area contributed by atoms with Gasteiger partial charge in [-0.15, -0.1) is 0 Å². The number of fused-ring (bicyclic) bond motifs is 1. The van der Waals surface area contributed by atoms with Crippen LogP contribution >= 0.6 is 54.8 Å². The summed E-state index contributed by atoms with van der Waals surface area (Å²) < 4.78 is 19.6. The topological polar surface area (TPSA) is 99.4 Å². The summed E-state index contributed by atoms with van der Waals surface area (Å²) in [5.74, 6) is 0.223. The van der Waals surface area contributed by atoms with Crippen LogP contribution in [0.1, 0.15) is 37.9 Å². The summed E-state index contributed by atoms with van der Waals surface area (Å²) in [6, 6.07) is 5.81. The maximum Gasteiger partial charge on any atom is 0.338 e. The molecule has 1 aliphatic heterocycles. The van der Waals surface area contributed by atoms with Gasteiger partial charge in [-0.3, -0.25) is 9.36 Å². The molecular weight excluding hydrogens is 664 g/mol. The molecule has 12 heteroatoms. The van der Waals surface area contributed by atoms with Gasteiger partial charge in [0.1, 0.15) is 5.75 Å². The predicted octanol–water partition coefficient (Wildman–Crippen LogP) is 5.09. The molecule has 2 aromatic carbocycles. The number of hydrogen-bond donors (Lipinski definition) is 1. The molecule has 1 N–H and O–H groups in total. The number of ether oxygens (including phenoxy) is 3. The molecule has 0 spiro atoms. The lowest BCUT2D eigenvalue weighted by atomic mass is 9.95. The zero-order valence-corrected chi connectivity index (χ0v) is 25.5. The van der Waals surface area contributed by atoms with Gasteiger partial charge in [-0.25, -0.2) is 9.79 Å². The number of carbonyl (C=O) groups is 1. The van der Waals surface area contributed by atoms with Gasteiger partial charge in [0.25, 0.3) is 5.56 Å². The minimum Gasteiger partial charge on any atom is -0.506 e. The van der Waals surface area contributed by atoms with Crippen molar-refractivity contribution in [1.29, 1.82) is 0 Å². The first-order chi connectivity index (χ1) is 18.1. The van der Waals surface area contributed by atoms with E-state index in [0.717, 1.165) is 11.3 Å². The summed E-state index contributed by atoms with van der Waals surface area (Å²) in [6.07, 6.45) is 1.55. The first-order valence-electron chi connectivity index (χ1n) is 11.5. The average Bonchev–Trinajstić information content (AvgIpc) is 3.16. The third-order valence-electron chi connectivity index (χ3n) is 5.74. The van der Waals surface area contributed by atoms with Crippen LogP contribution in [0.3, 0.4) is 0 Å². The highest BCUT2D eigenvalue weighted by Gasteiger charge is 2.35. The third kappa shape index (κ3) is 5.29. The summed E-state index contributed by atoms with van der Waals surface area (Å²) in [5.41, 5.74) is 1.20. The number of phenolic OH excluding ortho intramolecular Hbond substituents is 1. The van der Waals surface area contributed by atoms with Crippen molar-refractivity contribution in [2.75, 3.05) is 20.3 Å². The molecule has 1 atom stereocenters. The Morgan fingerprint density at radius 2 is 1.95 bits per heavy atom. The Morgan fingerprint density at radius 3 is 2.61 bits per heavy atom. The Hall–Kier alpha value is -2.60. The van der Waals surface area contributed by atoms with Gasteiger partial charge in [0.2, 0.25) is 0 Å². The molecular formula is C26H23Br2ClN2O6S.